The van der Waals surface area contributed by atoms with Crippen molar-refractivity contribution in [1.82, 2.24) is 4.98 Å². The van der Waals surface area contributed by atoms with Crippen LogP contribution in [-0.2, 0) is 9.84 Å². The fourth-order valence-corrected chi connectivity index (χ4v) is 3.62. The summed E-state index contributed by atoms with van der Waals surface area (Å²) in [5.41, 5.74) is 3.62. The molecule has 1 heterocycles. The number of pyridine rings is 1. The first-order valence-electron chi connectivity index (χ1n) is 8.32. The maximum absolute atomic E-state index is 12.6. The number of nitrogens with zero attached hydrogens (tertiary/aromatic N) is 1. The van der Waals surface area contributed by atoms with Crippen LogP contribution in [0.1, 0.15) is 28.5 Å². The fraction of sp³-hybridized carbons (Fsp3) is 0.200. The quantitative estimate of drug-likeness (QED) is 0.758. The Morgan fingerprint density at radius 1 is 1.04 bits per heavy atom. The molecule has 134 valence electrons. The second kappa shape index (κ2) is 6.88. The van der Waals surface area contributed by atoms with Gasteiger partial charge in [0.25, 0.3) is 5.91 Å². The first-order chi connectivity index (χ1) is 12.3. The van der Waals surface area contributed by atoms with E-state index in [-0.39, 0.29) is 16.6 Å². The summed E-state index contributed by atoms with van der Waals surface area (Å²) < 4.78 is 23.7. The summed E-state index contributed by atoms with van der Waals surface area (Å²) >= 11 is 0. The Balaban J connectivity index is 1.88. The van der Waals surface area contributed by atoms with Gasteiger partial charge in [-0.1, -0.05) is 18.6 Å². The van der Waals surface area contributed by atoms with E-state index in [9.17, 15) is 13.2 Å². The highest BCUT2D eigenvalue weighted by molar-refractivity contribution is 7.91. The number of rotatable bonds is 4. The Morgan fingerprint density at radius 2 is 1.73 bits per heavy atom. The average molecular weight is 368 g/mol. The molecule has 0 saturated heterocycles. The minimum atomic E-state index is -3.25. The van der Waals surface area contributed by atoms with Gasteiger partial charge in [-0.05, 0) is 56.3 Å². The van der Waals surface area contributed by atoms with Crippen LogP contribution in [0, 0.1) is 13.8 Å². The van der Waals surface area contributed by atoms with E-state index in [0.29, 0.717) is 16.9 Å². The van der Waals surface area contributed by atoms with Gasteiger partial charge in [-0.25, -0.2) is 8.42 Å². The zero-order chi connectivity index (χ0) is 18.9. The number of amides is 1. The average Bonchev–Trinajstić information content (AvgIpc) is 2.62. The summed E-state index contributed by atoms with van der Waals surface area (Å²) in [5, 5.41) is 3.71. The predicted molar refractivity (Wildman–Crippen MR) is 103 cm³/mol. The predicted octanol–water partition coefficient (Wildman–Crippen LogP) is 3.90. The molecule has 0 aliphatic heterocycles. The molecule has 1 amide bonds. The molecule has 0 fully saturated rings. The van der Waals surface area contributed by atoms with Crippen molar-refractivity contribution in [3.63, 3.8) is 0 Å². The third-order valence-electron chi connectivity index (χ3n) is 4.26. The second-order valence-corrected chi connectivity index (χ2v) is 8.48. The number of aryl methyl sites for hydroxylation is 2. The molecule has 0 atom stereocenters. The SMILES string of the molecule is CCS(=O)(=O)c1ccc(NC(=O)c2cc3cc(C)ccc3nc2C)cc1. The van der Waals surface area contributed by atoms with Crippen LogP contribution in [0.2, 0.25) is 0 Å². The van der Waals surface area contributed by atoms with Crippen LogP contribution in [0.25, 0.3) is 10.9 Å². The van der Waals surface area contributed by atoms with Gasteiger partial charge < -0.3 is 5.32 Å². The highest BCUT2D eigenvalue weighted by atomic mass is 32.2. The summed E-state index contributed by atoms with van der Waals surface area (Å²) in [7, 11) is -3.25. The topological polar surface area (TPSA) is 76.1 Å². The summed E-state index contributed by atoms with van der Waals surface area (Å²) in [5.74, 6) is -0.232. The number of aromatic nitrogens is 1. The van der Waals surface area contributed by atoms with Crippen LogP contribution in [0.15, 0.2) is 53.4 Å². The molecule has 2 aromatic carbocycles. The lowest BCUT2D eigenvalue weighted by atomic mass is 10.1. The van der Waals surface area contributed by atoms with E-state index in [1.807, 2.05) is 31.2 Å². The fourth-order valence-electron chi connectivity index (χ4n) is 2.73. The monoisotopic (exact) mass is 368 g/mol. The molecule has 26 heavy (non-hydrogen) atoms. The van der Waals surface area contributed by atoms with Crippen molar-refractivity contribution in [3.8, 4) is 0 Å². The number of benzene rings is 2. The van der Waals surface area contributed by atoms with Crippen LogP contribution in [0.4, 0.5) is 5.69 Å². The van der Waals surface area contributed by atoms with E-state index < -0.39 is 9.84 Å². The Hall–Kier alpha value is -2.73. The smallest absolute Gasteiger partial charge is 0.257 e. The first kappa shape index (κ1) is 18.1. The third-order valence-corrected chi connectivity index (χ3v) is 6.01. The van der Waals surface area contributed by atoms with E-state index in [1.54, 1.807) is 26.0 Å². The molecule has 1 N–H and O–H groups in total. The van der Waals surface area contributed by atoms with E-state index in [0.717, 1.165) is 16.5 Å². The molecule has 0 bridgehead atoms. The Kier molecular flexibility index (Phi) is 4.78. The summed E-state index contributed by atoms with van der Waals surface area (Å²) in [6.07, 6.45) is 0. The minimum Gasteiger partial charge on any atom is -0.322 e. The molecule has 0 saturated carbocycles. The zero-order valence-corrected chi connectivity index (χ0v) is 15.7. The molecule has 0 spiro atoms. The van der Waals surface area contributed by atoms with Gasteiger partial charge in [0.15, 0.2) is 9.84 Å². The molecule has 0 aliphatic carbocycles. The van der Waals surface area contributed by atoms with Gasteiger partial charge in [0, 0.05) is 11.1 Å². The second-order valence-electron chi connectivity index (χ2n) is 6.20. The molecule has 0 unspecified atom stereocenters. The van der Waals surface area contributed by atoms with Crippen molar-refractivity contribution >= 4 is 32.3 Å². The van der Waals surface area contributed by atoms with Crippen molar-refractivity contribution in [3.05, 3.63) is 65.4 Å². The first-order valence-corrected chi connectivity index (χ1v) is 9.97. The zero-order valence-electron chi connectivity index (χ0n) is 14.9. The van der Waals surface area contributed by atoms with Crippen LogP contribution in [0.5, 0.6) is 0 Å². The van der Waals surface area contributed by atoms with Gasteiger partial charge in [-0.3, -0.25) is 9.78 Å². The van der Waals surface area contributed by atoms with Gasteiger partial charge in [0.05, 0.1) is 27.4 Å². The van der Waals surface area contributed by atoms with Crippen LogP contribution < -0.4 is 5.32 Å². The number of carbonyl (C=O) groups is 1. The normalized spacial score (nSPS) is 11.5. The number of anilines is 1. The van der Waals surface area contributed by atoms with Gasteiger partial charge in [-0.15, -0.1) is 0 Å². The minimum absolute atomic E-state index is 0.0417. The van der Waals surface area contributed by atoms with E-state index in [4.69, 9.17) is 0 Å². The summed E-state index contributed by atoms with van der Waals surface area (Å²) in [6.45, 7) is 5.39. The lowest BCUT2D eigenvalue weighted by molar-refractivity contribution is 0.102. The molecule has 0 aliphatic rings. The van der Waals surface area contributed by atoms with E-state index in [1.165, 1.54) is 12.1 Å². The van der Waals surface area contributed by atoms with Crippen molar-refractivity contribution in [2.24, 2.45) is 0 Å². The van der Waals surface area contributed by atoms with Gasteiger partial charge in [0.2, 0.25) is 0 Å². The molecule has 3 rings (SSSR count). The molecule has 5 nitrogen and oxygen atoms in total. The lowest BCUT2D eigenvalue weighted by Gasteiger charge is -2.10. The summed E-state index contributed by atoms with van der Waals surface area (Å²) in [4.78, 5) is 17.4. The van der Waals surface area contributed by atoms with Crippen LogP contribution in [-0.4, -0.2) is 25.1 Å². The number of sulfone groups is 1. The van der Waals surface area contributed by atoms with Gasteiger partial charge >= 0.3 is 0 Å². The Morgan fingerprint density at radius 3 is 2.38 bits per heavy atom. The standard InChI is InChI=1S/C20H20N2O3S/c1-4-26(24,25)17-8-6-16(7-9-17)22-20(23)18-12-15-11-13(2)5-10-19(15)21-14(18)3/h5-12H,4H2,1-3H3,(H,22,23). The number of fused-ring (bicyclic) bond motifs is 1. The lowest BCUT2D eigenvalue weighted by Crippen LogP contribution is -2.14. The molecule has 6 heteroatoms. The highest BCUT2D eigenvalue weighted by Gasteiger charge is 2.14. The molecule has 1 aromatic heterocycles. The Bertz CT molecular complexity index is 1090. The van der Waals surface area contributed by atoms with Crippen molar-refractivity contribution in [1.29, 1.82) is 0 Å². The van der Waals surface area contributed by atoms with E-state index >= 15 is 0 Å². The van der Waals surface area contributed by atoms with Crippen LogP contribution in [0.3, 0.4) is 0 Å². The Labute approximate surface area is 153 Å². The van der Waals surface area contributed by atoms with Gasteiger partial charge in [0.1, 0.15) is 0 Å². The maximum Gasteiger partial charge on any atom is 0.257 e. The molecular weight excluding hydrogens is 348 g/mol. The number of carbonyl (C=O) groups excluding carboxylic acids is 1. The van der Waals surface area contributed by atoms with Gasteiger partial charge in [-0.2, -0.15) is 0 Å². The van der Waals surface area contributed by atoms with E-state index in [2.05, 4.69) is 10.3 Å². The molecule has 0 radical (unpaired) electrons. The largest absolute Gasteiger partial charge is 0.322 e. The third kappa shape index (κ3) is 3.60. The van der Waals surface area contributed by atoms with Crippen molar-refractivity contribution < 1.29 is 13.2 Å². The highest BCUT2D eigenvalue weighted by Crippen LogP contribution is 2.20. The maximum atomic E-state index is 12.6. The van der Waals surface area contributed by atoms with Crippen LogP contribution >= 0.6 is 0 Å². The number of hydrogen-bond acceptors (Lipinski definition) is 4. The summed E-state index contributed by atoms with van der Waals surface area (Å²) in [6, 6.07) is 13.9. The van der Waals surface area contributed by atoms with Crippen molar-refractivity contribution in [2.75, 3.05) is 11.1 Å². The molecule has 3 aromatic rings. The number of hydrogen-bond donors (Lipinski definition) is 1. The number of nitrogens with one attached hydrogen (secondary N) is 1. The molecular formula is C20H20N2O3S. The van der Waals surface area contributed by atoms with Crippen molar-refractivity contribution in [2.45, 2.75) is 25.7 Å².